The first kappa shape index (κ1) is 14.0. The number of carboxylic acids is 1. The number of aromatic amines is 1. The van der Waals surface area contributed by atoms with Crippen LogP contribution in [0.3, 0.4) is 0 Å². The van der Waals surface area contributed by atoms with E-state index in [1.165, 1.54) is 10.9 Å². The second kappa shape index (κ2) is 5.54. The number of hydrogen-bond acceptors (Lipinski definition) is 2. The lowest BCUT2D eigenvalue weighted by Crippen LogP contribution is -2.07. The van der Waals surface area contributed by atoms with Crippen molar-refractivity contribution in [3.63, 3.8) is 0 Å². The van der Waals surface area contributed by atoms with E-state index in [-0.39, 0.29) is 0 Å². The minimum atomic E-state index is -0.879. The zero-order valence-corrected chi connectivity index (χ0v) is 12.7. The first-order valence-electron chi connectivity index (χ1n) is 7.99. The third-order valence-electron chi connectivity index (χ3n) is 4.54. The molecular weight excluding hydrogens is 288 g/mol. The summed E-state index contributed by atoms with van der Waals surface area (Å²) in [5.74, 6) is -0.360. The molecule has 0 aliphatic heterocycles. The molecule has 2 N–H and O–H groups in total. The van der Waals surface area contributed by atoms with Gasteiger partial charge in [-0.15, -0.1) is 0 Å². The zero-order valence-electron chi connectivity index (χ0n) is 12.7. The van der Waals surface area contributed by atoms with Crippen LogP contribution in [0, 0.1) is 0 Å². The average molecular weight is 306 g/mol. The largest absolute Gasteiger partial charge is 0.478 e. The second-order valence-electron chi connectivity index (χ2n) is 6.24. The van der Waals surface area contributed by atoms with Crippen LogP contribution in [0.1, 0.15) is 45.9 Å². The van der Waals surface area contributed by atoms with E-state index < -0.39 is 5.97 Å². The Morgan fingerprint density at radius 2 is 2.09 bits per heavy atom. The Balaban J connectivity index is 1.56. The summed E-state index contributed by atoms with van der Waals surface area (Å²) in [5.41, 5.74) is 4.42. The summed E-state index contributed by atoms with van der Waals surface area (Å²) >= 11 is 0. The fourth-order valence-corrected chi connectivity index (χ4v) is 3.05. The zero-order chi connectivity index (χ0) is 15.8. The number of aromatic nitrogens is 2. The van der Waals surface area contributed by atoms with Gasteiger partial charge in [0.2, 0.25) is 0 Å². The monoisotopic (exact) mass is 306 g/mol. The molecule has 0 radical (unpaired) electrons. The summed E-state index contributed by atoms with van der Waals surface area (Å²) in [6.45, 7) is 0. The van der Waals surface area contributed by atoms with E-state index in [9.17, 15) is 9.90 Å². The predicted octanol–water partition coefficient (Wildman–Crippen LogP) is 3.92. The molecule has 2 aromatic heterocycles. The molecule has 3 aromatic rings. The maximum Gasteiger partial charge on any atom is 0.337 e. The van der Waals surface area contributed by atoms with Gasteiger partial charge in [0, 0.05) is 17.9 Å². The average Bonchev–Trinajstić information content (AvgIpc) is 3.30. The highest BCUT2D eigenvalue weighted by Gasteiger charge is 2.25. The quantitative estimate of drug-likeness (QED) is 0.750. The van der Waals surface area contributed by atoms with Crippen molar-refractivity contribution in [2.45, 2.75) is 31.6 Å². The molecule has 2 heterocycles. The van der Waals surface area contributed by atoms with E-state index in [4.69, 9.17) is 0 Å². The van der Waals surface area contributed by atoms with Gasteiger partial charge in [0.25, 0.3) is 0 Å². The van der Waals surface area contributed by atoms with E-state index in [1.54, 1.807) is 0 Å². The Kier molecular flexibility index (Phi) is 3.37. The highest BCUT2D eigenvalue weighted by Crippen LogP contribution is 2.40. The van der Waals surface area contributed by atoms with Crippen LogP contribution < -0.4 is 0 Å². The summed E-state index contributed by atoms with van der Waals surface area (Å²) < 4.78 is 0. The molecule has 4 rings (SSSR count). The Morgan fingerprint density at radius 3 is 2.87 bits per heavy atom. The highest BCUT2D eigenvalue weighted by atomic mass is 16.4. The van der Waals surface area contributed by atoms with Gasteiger partial charge in [-0.3, -0.25) is 4.98 Å². The van der Waals surface area contributed by atoms with Gasteiger partial charge in [-0.1, -0.05) is 6.07 Å². The molecule has 116 valence electrons. The summed E-state index contributed by atoms with van der Waals surface area (Å²) in [4.78, 5) is 19.1. The molecule has 0 unspecified atom stereocenters. The normalized spacial score (nSPS) is 14.3. The van der Waals surface area contributed by atoms with Gasteiger partial charge < -0.3 is 10.1 Å². The van der Waals surface area contributed by atoms with Crippen molar-refractivity contribution in [1.29, 1.82) is 0 Å². The number of hydrogen-bond donors (Lipinski definition) is 2. The first-order chi connectivity index (χ1) is 11.2. The summed E-state index contributed by atoms with van der Waals surface area (Å²) in [7, 11) is 0. The lowest BCUT2D eigenvalue weighted by Gasteiger charge is -2.08. The molecule has 0 bridgehead atoms. The van der Waals surface area contributed by atoms with Crippen LogP contribution in [0.5, 0.6) is 0 Å². The Morgan fingerprint density at radius 1 is 1.22 bits per heavy atom. The van der Waals surface area contributed by atoms with E-state index in [2.05, 4.69) is 28.2 Å². The van der Waals surface area contributed by atoms with Gasteiger partial charge in [0.05, 0.1) is 11.3 Å². The number of carboxylic acid groups (broad SMARTS) is 1. The van der Waals surface area contributed by atoms with Gasteiger partial charge in [0.1, 0.15) is 0 Å². The van der Waals surface area contributed by atoms with Crippen molar-refractivity contribution in [3.05, 3.63) is 65.1 Å². The SMILES string of the molecule is O=C(O)c1cc(C2CC2)cnc1CCc1ccc2[nH]ccc2c1. The molecule has 1 fully saturated rings. The maximum atomic E-state index is 11.5. The Bertz CT molecular complexity index is 878. The number of fused-ring (bicyclic) bond motifs is 1. The Hall–Kier alpha value is -2.62. The fourth-order valence-electron chi connectivity index (χ4n) is 3.05. The number of aryl methyl sites for hydroxylation is 2. The summed E-state index contributed by atoms with van der Waals surface area (Å²) in [5, 5.41) is 10.6. The topological polar surface area (TPSA) is 66.0 Å². The lowest BCUT2D eigenvalue weighted by molar-refractivity contribution is 0.0695. The number of pyridine rings is 1. The predicted molar refractivity (Wildman–Crippen MR) is 88.9 cm³/mol. The molecular formula is C19H18N2O2. The van der Waals surface area contributed by atoms with Crippen molar-refractivity contribution in [1.82, 2.24) is 9.97 Å². The van der Waals surface area contributed by atoms with Gasteiger partial charge in [-0.25, -0.2) is 4.79 Å². The molecule has 4 heteroatoms. The minimum Gasteiger partial charge on any atom is -0.478 e. The lowest BCUT2D eigenvalue weighted by atomic mass is 10.0. The second-order valence-corrected chi connectivity index (χ2v) is 6.24. The van der Waals surface area contributed by atoms with Crippen molar-refractivity contribution >= 4 is 16.9 Å². The third kappa shape index (κ3) is 2.84. The van der Waals surface area contributed by atoms with Gasteiger partial charge >= 0.3 is 5.97 Å². The van der Waals surface area contributed by atoms with E-state index in [0.717, 1.165) is 30.3 Å². The number of rotatable bonds is 5. The molecule has 23 heavy (non-hydrogen) atoms. The highest BCUT2D eigenvalue weighted by molar-refractivity contribution is 5.89. The van der Waals surface area contributed by atoms with E-state index in [0.29, 0.717) is 23.6 Å². The number of nitrogens with zero attached hydrogens (tertiary/aromatic N) is 1. The van der Waals surface area contributed by atoms with Crippen LogP contribution in [0.4, 0.5) is 0 Å². The van der Waals surface area contributed by atoms with Gasteiger partial charge in [0.15, 0.2) is 0 Å². The molecule has 1 saturated carbocycles. The summed E-state index contributed by atoms with van der Waals surface area (Å²) in [6.07, 6.45) is 7.51. The molecule has 0 spiro atoms. The van der Waals surface area contributed by atoms with Crippen LogP contribution >= 0.6 is 0 Å². The molecule has 1 aliphatic carbocycles. The molecule has 1 aromatic carbocycles. The molecule has 0 atom stereocenters. The number of benzene rings is 1. The van der Waals surface area contributed by atoms with Gasteiger partial charge in [-0.05, 0) is 72.4 Å². The van der Waals surface area contributed by atoms with Crippen molar-refractivity contribution in [3.8, 4) is 0 Å². The fraction of sp³-hybridized carbons (Fsp3) is 0.263. The Labute approximate surface area is 134 Å². The molecule has 4 nitrogen and oxygen atoms in total. The minimum absolute atomic E-state index is 0.358. The van der Waals surface area contributed by atoms with Crippen LogP contribution in [-0.4, -0.2) is 21.0 Å². The number of H-pyrrole nitrogens is 1. The number of aromatic carboxylic acids is 1. The van der Waals surface area contributed by atoms with Crippen LogP contribution in [0.2, 0.25) is 0 Å². The number of carbonyl (C=O) groups is 1. The molecule has 0 amide bonds. The van der Waals surface area contributed by atoms with E-state index >= 15 is 0 Å². The smallest absolute Gasteiger partial charge is 0.337 e. The summed E-state index contributed by atoms with van der Waals surface area (Å²) in [6, 6.07) is 10.1. The third-order valence-corrected chi connectivity index (χ3v) is 4.54. The first-order valence-corrected chi connectivity index (χ1v) is 7.99. The van der Waals surface area contributed by atoms with Crippen molar-refractivity contribution in [2.24, 2.45) is 0 Å². The molecule has 0 saturated heterocycles. The standard InChI is InChI=1S/C19H18N2O2/c22-19(23)16-10-15(13-3-4-13)11-21-18(16)6-2-12-1-5-17-14(9-12)7-8-20-17/h1,5,7-11,13,20H,2-4,6H2,(H,22,23). The van der Waals surface area contributed by atoms with E-state index in [1.807, 2.05) is 24.5 Å². The maximum absolute atomic E-state index is 11.5. The van der Waals surface area contributed by atoms with Crippen LogP contribution in [0.25, 0.3) is 10.9 Å². The number of nitrogens with one attached hydrogen (secondary N) is 1. The van der Waals surface area contributed by atoms with Gasteiger partial charge in [-0.2, -0.15) is 0 Å². The van der Waals surface area contributed by atoms with Crippen LogP contribution in [0.15, 0.2) is 42.7 Å². The van der Waals surface area contributed by atoms with Crippen molar-refractivity contribution < 1.29 is 9.90 Å². The van der Waals surface area contributed by atoms with Crippen molar-refractivity contribution in [2.75, 3.05) is 0 Å². The molecule has 1 aliphatic rings. The van der Waals surface area contributed by atoms with Crippen LogP contribution in [-0.2, 0) is 12.8 Å².